The molecule has 126 valence electrons. The molecule has 2 aromatic rings. The minimum atomic E-state index is -1.03. The smallest absolute Gasteiger partial charge is 0.407 e. The lowest BCUT2D eigenvalue weighted by atomic mass is 9.92. The lowest BCUT2D eigenvalue weighted by molar-refractivity contribution is 0.000859. The van der Waals surface area contributed by atoms with E-state index >= 15 is 0 Å². The van der Waals surface area contributed by atoms with Crippen molar-refractivity contribution in [3.63, 3.8) is 0 Å². The lowest BCUT2D eigenvalue weighted by Gasteiger charge is -2.43. The molecule has 0 radical (unpaired) electrons. The van der Waals surface area contributed by atoms with Gasteiger partial charge in [0.25, 0.3) is 5.17 Å². The van der Waals surface area contributed by atoms with E-state index in [0.717, 1.165) is 0 Å². The number of carbonyl (C=O) groups is 1. The number of amides is 1. The van der Waals surface area contributed by atoms with Crippen LogP contribution in [0.4, 0.5) is 9.18 Å². The summed E-state index contributed by atoms with van der Waals surface area (Å²) in [6.45, 7) is 2.09. The molecule has 0 spiro atoms. The monoisotopic (exact) mass is 349 g/mol. The Balaban J connectivity index is 1.90. The largest absolute Gasteiger partial charge is 0.465 e. The minimum absolute atomic E-state index is 0.135. The molecule has 2 heterocycles. The first-order valence-corrected chi connectivity index (χ1v) is 7.82. The van der Waals surface area contributed by atoms with Crippen LogP contribution in [0.2, 0.25) is 0 Å². The zero-order valence-electron chi connectivity index (χ0n) is 12.9. The van der Waals surface area contributed by atoms with Crippen LogP contribution in [0.1, 0.15) is 23.7 Å². The van der Waals surface area contributed by atoms with Crippen molar-refractivity contribution in [2.24, 2.45) is 0 Å². The van der Waals surface area contributed by atoms with Gasteiger partial charge in [0.2, 0.25) is 0 Å². The Labute approximate surface area is 143 Å². The first-order valence-electron chi connectivity index (χ1n) is 7.42. The topological polar surface area (TPSA) is 67.6 Å². The number of hydrogen-bond donors (Lipinski definition) is 1. The number of benzene rings is 1. The van der Waals surface area contributed by atoms with Gasteiger partial charge in [0.15, 0.2) is 0 Å². The molecule has 2 atom stereocenters. The fraction of sp³-hybridized carbons (Fsp3) is 0.312. The van der Waals surface area contributed by atoms with E-state index in [1.807, 2.05) is 0 Å². The maximum atomic E-state index is 14.0. The number of carboxylic acid groups (broad SMARTS) is 1. The van der Waals surface area contributed by atoms with Gasteiger partial charge in [0.05, 0.1) is 6.04 Å². The second-order valence-electron chi connectivity index (χ2n) is 5.61. The zero-order valence-corrected chi connectivity index (χ0v) is 13.7. The van der Waals surface area contributed by atoms with E-state index in [-0.39, 0.29) is 11.0 Å². The number of halogens is 1. The first-order chi connectivity index (χ1) is 11.5. The third kappa shape index (κ3) is 3.09. The predicted octanol–water partition coefficient (Wildman–Crippen LogP) is 2.97. The van der Waals surface area contributed by atoms with Crippen molar-refractivity contribution in [2.45, 2.75) is 25.5 Å². The molecule has 0 saturated carbocycles. The van der Waals surface area contributed by atoms with Gasteiger partial charge in [-0.05, 0) is 42.8 Å². The van der Waals surface area contributed by atoms with E-state index in [9.17, 15) is 14.3 Å². The van der Waals surface area contributed by atoms with Gasteiger partial charge in [-0.2, -0.15) is 0 Å². The molecule has 3 rings (SSSR count). The van der Waals surface area contributed by atoms with Crippen LogP contribution in [0, 0.1) is 12.7 Å². The summed E-state index contributed by atoms with van der Waals surface area (Å²) in [4.78, 5) is 16.5. The Hall–Kier alpha value is -2.48. The average molecular weight is 349 g/mol. The van der Waals surface area contributed by atoms with Gasteiger partial charge in [-0.25, -0.2) is 14.2 Å². The molecule has 1 aliphatic heterocycles. The number of aryl methyl sites for hydroxylation is 1. The number of rotatable bonds is 3. The highest BCUT2D eigenvalue weighted by Crippen LogP contribution is 2.34. The van der Waals surface area contributed by atoms with Gasteiger partial charge in [0.1, 0.15) is 18.2 Å². The van der Waals surface area contributed by atoms with Crippen LogP contribution in [0.3, 0.4) is 0 Å². The second-order valence-corrected chi connectivity index (χ2v) is 5.96. The van der Waals surface area contributed by atoms with Gasteiger partial charge in [0, 0.05) is 18.9 Å². The third-order valence-corrected chi connectivity index (χ3v) is 4.44. The molecule has 1 N–H and O–H groups in total. The third-order valence-electron chi connectivity index (χ3n) is 4.13. The van der Waals surface area contributed by atoms with Crippen molar-refractivity contribution >= 4 is 23.5 Å². The minimum Gasteiger partial charge on any atom is -0.465 e. The summed E-state index contributed by atoms with van der Waals surface area (Å²) in [6, 6.07) is 4.34. The van der Waals surface area contributed by atoms with Gasteiger partial charge >= 0.3 is 6.09 Å². The van der Waals surface area contributed by atoms with Crippen LogP contribution in [-0.4, -0.2) is 43.4 Å². The average Bonchev–Trinajstić information content (AvgIpc) is 3.02. The van der Waals surface area contributed by atoms with Gasteiger partial charge in [-0.3, -0.25) is 4.57 Å². The molecule has 1 aromatic carbocycles. The second kappa shape index (κ2) is 6.56. The molecule has 6 nitrogen and oxygen atoms in total. The number of likely N-dealkylation sites (tertiary alicyclic amines) is 1. The Morgan fingerprint density at radius 1 is 1.54 bits per heavy atom. The SMILES string of the molecule is Cc1ccc(C(OC(=S)n2ccnc2)[C@@H]2CCN2C(=O)O)cc1F. The standard InChI is InChI=1S/C16H16FN3O3S/c1-10-2-3-11(8-12(10)17)14(13-4-6-20(13)15(21)22)23-16(24)19-7-5-18-9-19/h2-3,5,7-9,13-14H,4,6H2,1H3,(H,21,22)/t13-,14?/m0/s1. The predicted molar refractivity (Wildman–Crippen MR) is 88.3 cm³/mol. The fourth-order valence-electron chi connectivity index (χ4n) is 2.65. The summed E-state index contributed by atoms with van der Waals surface area (Å²) in [5.74, 6) is -0.365. The van der Waals surface area contributed by atoms with Crippen LogP contribution in [0.25, 0.3) is 0 Å². The van der Waals surface area contributed by atoms with Crippen molar-refractivity contribution < 1.29 is 19.0 Å². The zero-order chi connectivity index (χ0) is 17.3. The molecule has 1 unspecified atom stereocenters. The number of thiocarbonyl (C=S) groups is 1. The molecule has 24 heavy (non-hydrogen) atoms. The van der Waals surface area contributed by atoms with Crippen LogP contribution < -0.4 is 0 Å². The number of aromatic nitrogens is 2. The molecule has 1 fully saturated rings. The fourth-order valence-corrected chi connectivity index (χ4v) is 2.86. The van der Waals surface area contributed by atoms with E-state index in [4.69, 9.17) is 17.0 Å². The van der Waals surface area contributed by atoms with E-state index in [2.05, 4.69) is 4.98 Å². The number of nitrogens with zero attached hydrogens (tertiary/aromatic N) is 3. The summed E-state index contributed by atoms with van der Waals surface area (Å²) in [6.07, 6.45) is 3.60. The Morgan fingerprint density at radius 3 is 2.88 bits per heavy atom. The van der Waals surface area contributed by atoms with Crippen molar-refractivity contribution in [3.05, 3.63) is 53.9 Å². The summed E-state index contributed by atoms with van der Waals surface area (Å²) < 4.78 is 21.3. The van der Waals surface area contributed by atoms with Crippen LogP contribution in [0.5, 0.6) is 0 Å². The van der Waals surface area contributed by atoms with Crippen molar-refractivity contribution in [1.29, 1.82) is 0 Å². The van der Waals surface area contributed by atoms with E-state index in [0.29, 0.717) is 24.1 Å². The molecule has 0 aliphatic carbocycles. The molecule has 1 amide bonds. The van der Waals surface area contributed by atoms with Gasteiger partial charge in [-0.1, -0.05) is 12.1 Å². The molecule has 8 heteroatoms. The highest BCUT2D eigenvalue weighted by Gasteiger charge is 2.41. The van der Waals surface area contributed by atoms with E-state index in [1.54, 1.807) is 31.5 Å². The summed E-state index contributed by atoms with van der Waals surface area (Å²) in [7, 11) is 0. The van der Waals surface area contributed by atoms with Crippen LogP contribution >= 0.6 is 12.2 Å². The Kier molecular flexibility index (Phi) is 4.48. The van der Waals surface area contributed by atoms with Gasteiger partial charge < -0.3 is 14.7 Å². The highest BCUT2D eigenvalue weighted by molar-refractivity contribution is 7.80. The molecule has 0 bridgehead atoms. The van der Waals surface area contributed by atoms with E-state index < -0.39 is 18.2 Å². The highest BCUT2D eigenvalue weighted by atomic mass is 32.1. The summed E-state index contributed by atoms with van der Waals surface area (Å²) >= 11 is 5.25. The normalized spacial score (nSPS) is 17.9. The number of ether oxygens (including phenoxy) is 1. The van der Waals surface area contributed by atoms with Crippen molar-refractivity contribution in [1.82, 2.24) is 14.5 Å². The maximum Gasteiger partial charge on any atom is 0.407 e. The van der Waals surface area contributed by atoms with Gasteiger partial charge in [-0.15, -0.1) is 0 Å². The van der Waals surface area contributed by atoms with Crippen LogP contribution in [0.15, 0.2) is 36.9 Å². The maximum absolute atomic E-state index is 14.0. The molecule has 1 aliphatic rings. The number of imidazole rings is 1. The van der Waals surface area contributed by atoms with Crippen LogP contribution in [-0.2, 0) is 4.74 Å². The summed E-state index contributed by atoms with van der Waals surface area (Å²) in [5, 5.41) is 9.40. The Morgan fingerprint density at radius 2 is 2.33 bits per heavy atom. The number of hydrogen-bond acceptors (Lipinski definition) is 4. The molecular formula is C16H16FN3O3S. The van der Waals surface area contributed by atoms with E-state index in [1.165, 1.54) is 21.9 Å². The lowest BCUT2D eigenvalue weighted by Crippen LogP contribution is -2.54. The molecule has 1 aromatic heterocycles. The summed E-state index contributed by atoms with van der Waals surface area (Å²) in [5.41, 5.74) is 1.06. The molecule has 1 saturated heterocycles. The first kappa shape index (κ1) is 16.4. The Bertz CT molecular complexity index is 766. The van der Waals surface area contributed by atoms with Crippen molar-refractivity contribution in [2.75, 3.05) is 6.54 Å². The molecular weight excluding hydrogens is 333 g/mol. The quantitative estimate of drug-likeness (QED) is 0.863. The van der Waals surface area contributed by atoms with Crippen molar-refractivity contribution in [3.8, 4) is 0 Å².